The lowest BCUT2D eigenvalue weighted by molar-refractivity contribution is 0.0525. The van der Waals surface area contributed by atoms with Crippen molar-refractivity contribution in [1.82, 2.24) is 9.97 Å². The van der Waals surface area contributed by atoms with Crippen LogP contribution in [-0.4, -0.2) is 46.0 Å². The molecule has 8 heteroatoms. The number of aromatic nitrogens is 2. The molecule has 0 radical (unpaired) electrons. The van der Waals surface area contributed by atoms with Crippen LogP contribution in [-0.2, 0) is 0 Å². The van der Waals surface area contributed by atoms with Crippen molar-refractivity contribution in [3.63, 3.8) is 0 Å². The fourth-order valence-corrected chi connectivity index (χ4v) is 5.19. The zero-order valence-electron chi connectivity index (χ0n) is 14.9. The van der Waals surface area contributed by atoms with E-state index >= 15 is 0 Å². The number of aliphatic hydroxyl groups is 2. The highest BCUT2D eigenvalue weighted by atomic mass is 32.1. The molecule has 5 rings (SSSR count). The topological polar surface area (TPSA) is 89.5 Å². The first kappa shape index (κ1) is 17.5. The van der Waals surface area contributed by atoms with Gasteiger partial charge in [0.25, 0.3) is 5.56 Å². The van der Waals surface area contributed by atoms with Crippen LogP contribution in [0, 0.1) is 11.7 Å². The van der Waals surface area contributed by atoms with Crippen LogP contribution in [0.25, 0.3) is 31.8 Å². The SMILES string of the molecule is O=c1[nH]ccc2c3sc(N4CC[C@@H](O)[C@H](CO)C4)nc3c3ccc(F)cc3c12. The Bertz CT molecular complexity index is 1270. The second-order valence-electron chi connectivity index (χ2n) is 7.20. The van der Waals surface area contributed by atoms with Crippen LogP contribution in [0.4, 0.5) is 9.52 Å². The molecule has 0 saturated carbocycles. The lowest BCUT2D eigenvalue weighted by Gasteiger charge is -2.35. The molecule has 0 spiro atoms. The summed E-state index contributed by atoms with van der Waals surface area (Å²) in [5, 5.41) is 22.8. The number of halogens is 1. The molecular formula is C20H18FN3O3S. The van der Waals surface area contributed by atoms with Crippen molar-refractivity contribution in [1.29, 1.82) is 0 Å². The minimum absolute atomic E-state index is 0.0803. The van der Waals surface area contributed by atoms with E-state index in [4.69, 9.17) is 4.98 Å². The lowest BCUT2D eigenvalue weighted by atomic mass is 9.96. The first-order valence-electron chi connectivity index (χ1n) is 9.14. The van der Waals surface area contributed by atoms with Crippen LogP contribution in [0.15, 0.2) is 35.3 Å². The molecule has 1 aliphatic heterocycles. The third-order valence-corrected chi connectivity index (χ3v) is 6.68. The van der Waals surface area contributed by atoms with E-state index in [-0.39, 0.29) is 18.1 Å². The number of hydrogen-bond acceptors (Lipinski definition) is 6. The molecule has 1 fully saturated rings. The molecule has 2 atom stereocenters. The van der Waals surface area contributed by atoms with E-state index < -0.39 is 11.9 Å². The number of thiazole rings is 1. The van der Waals surface area contributed by atoms with Gasteiger partial charge < -0.3 is 20.1 Å². The number of aromatic amines is 1. The number of rotatable bonds is 2. The van der Waals surface area contributed by atoms with Crippen LogP contribution in [0.5, 0.6) is 0 Å². The van der Waals surface area contributed by atoms with Crippen molar-refractivity contribution in [2.75, 3.05) is 24.6 Å². The number of nitrogens with zero attached hydrogens (tertiary/aromatic N) is 2. The summed E-state index contributed by atoms with van der Waals surface area (Å²) in [6, 6.07) is 6.24. The molecule has 144 valence electrons. The highest BCUT2D eigenvalue weighted by molar-refractivity contribution is 7.23. The molecule has 4 aromatic rings. The summed E-state index contributed by atoms with van der Waals surface area (Å²) in [6.07, 6.45) is 1.64. The predicted molar refractivity (Wildman–Crippen MR) is 109 cm³/mol. The standard InChI is InChI=1S/C20H18FN3O3S/c21-11-1-2-12-14(7-11)16-13(3-5-22-19(16)27)18-17(12)23-20(28-18)24-6-4-15(26)10(8-24)9-25/h1-3,5,7,10,15,25-26H,4,6,8-9H2,(H,22,27)/t10-,15+/m0/s1. The van der Waals surface area contributed by atoms with Gasteiger partial charge in [0.2, 0.25) is 0 Å². The van der Waals surface area contributed by atoms with Crippen molar-refractivity contribution in [3.8, 4) is 0 Å². The first-order chi connectivity index (χ1) is 13.6. The second kappa shape index (κ2) is 6.51. The number of benzene rings is 2. The molecule has 28 heavy (non-hydrogen) atoms. The number of pyridine rings is 1. The Morgan fingerprint density at radius 1 is 1.29 bits per heavy atom. The maximum absolute atomic E-state index is 13.9. The molecule has 1 saturated heterocycles. The Hall–Kier alpha value is -2.55. The van der Waals surface area contributed by atoms with Gasteiger partial charge in [-0.15, -0.1) is 0 Å². The minimum atomic E-state index is -0.515. The van der Waals surface area contributed by atoms with Crippen LogP contribution >= 0.6 is 11.3 Å². The van der Waals surface area contributed by atoms with Crippen molar-refractivity contribution >= 4 is 48.2 Å². The predicted octanol–water partition coefficient (Wildman–Crippen LogP) is 2.61. The third kappa shape index (κ3) is 2.60. The van der Waals surface area contributed by atoms with E-state index in [0.29, 0.717) is 30.3 Å². The summed E-state index contributed by atoms with van der Waals surface area (Å²) in [7, 11) is 0. The second-order valence-corrected chi connectivity index (χ2v) is 8.18. The molecule has 2 aromatic heterocycles. The van der Waals surface area contributed by atoms with Gasteiger partial charge in [0, 0.05) is 41.4 Å². The maximum atomic E-state index is 13.9. The number of aliphatic hydroxyl groups excluding tert-OH is 2. The lowest BCUT2D eigenvalue weighted by Crippen LogP contribution is -2.44. The Kier molecular flexibility index (Phi) is 4.08. The van der Waals surface area contributed by atoms with Crippen molar-refractivity contribution < 1.29 is 14.6 Å². The Balaban J connectivity index is 1.78. The number of fused-ring (bicyclic) bond motifs is 6. The van der Waals surface area contributed by atoms with Crippen LogP contribution in [0.3, 0.4) is 0 Å². The van der Waals surface area contributed by atoms with E-state index in [1.807, 2.05) is 6.07 Å². The largest absolute Gasteiger partial charge is 0.396 e. The van der Waals surface area contributed by atoms with E-state index in [9.17, 15) is 19.4 Å². The highest BCUT2D eigenvalue weighted by Gasteiger charge is 2.29. The van der Waals surface area contributed by atoms with Gasteiger partial charge in [-0.3, -0.25) is 4.79 Å². The van der Waals surface area contributed by atoms with Gasteiger partial charge in [0.05, 0.1) is 28.3 Å². The summed E-state index contributed by atoms with van der Waals surface area (Å²) >= 11 is 1.48. The molecular weight excluding hydrogens is 381 g/mol. The fraction of sp³-hybridized carbons (Fsp3) is 0.300. The quantitative estimate of drug-likeness (QED) is 0.451. The molecule has 6 nitrogen and oxygen atoms in total. The van der Waals surface area contributed by atoms with Gasteiger partial charge in [-0.2, -0.15) is 0 Å². The summed E-state index contributed by atoms with van der Waals surface area (Å²) in [4.78, 5) is 22.1. The van der Waals surface area contributed by atoms with E-state index in [2.05, 4.69) is 9.88 Å². The van der Waals surface area contributed by atoms with Crippen LogP contribution in [0.2, 0.25) is 0 Å². The van der Waals surface area contributed by atoms with Crippen molar-refractivity contribution in [2.24, 2.45) is 5.92 Å². The molecule has 0 bridgehead atoms. The molecule has 3 heterocycles. The van der Waals surface area contributed by atoms with Gasteiger partial charge in [-0.25, -0.2) is 9.37 Å². The van der Waals surface area contributed by atoms with Gasteiger partial charge in [0.15, 0.2) is 5.13 Å². The third-order valence-electron chi connectivity index (χ3n) is 5.53. The molecule has 0 amide bonds. The summed E-state index contributed by atoms with van der Waals surface area (Å²) in [5.41, 5.74) is 0.478. The monoisotopic (exact) mass is 399 g/mol. The Morgan fingerprint density at radius 2 is 2.14 bits per heavy atom. The Labute approximate surface area is 162 Å². The van der Waals surface area contributed by atoms with Crippen molar-refractivity contribution in [2.45, 2.75) is 12.5 Å². The molecule has 3 N–H and O–H groups in total. The number of nitrogens with one attached hydrogen (secondary N) is 1. The minimum Gasteiger partial charge on any atom is -0.396 e. The molecule has 0 unspecified atom stereocenters. The fourth-order valence-electron chi connectivity index (χ4n) is 4.05. The van der Waals surface area contributed by atoms with Crippen LogP contribution in [0.1, 0.15) is 6.42 Å². The summed E-state index contributed by atoms with van der Waals surface area (Å²) in [6.45, 7) is 1.08. The zero-order chi connectivity index (χ0) is 19.4. The van der Waals surface area contributed by atoms with Gasteiger partial charge >= 0.3 is 0 Å². The smallest absolute Gasteiger partial charge is 0.256 e. The number of piperidine rings is 1. The maximum Gasteiger partial charge on any atom is 0.256 e. The van der Waals surface area contributed by atoms with E-state index in [1.54, 1.807) is 12.3 Å². The van der Waals surface area contributed by atoms with Gasteiger partial charge in [-0.05, 0) is 30.7 Å². The zero-order valence-corrected chi connectivity index (χ0v) is 15.7. The van der Waals surface area contributed by atoms with E-state index in [0.717, 1.165) is 26.1 Å². The number of H-pyrrole nitrogens is 1. The number of hydrogen-bond donors (Lipinski definition) is 3. The van der Waals surface area contributed by atoms with Gasteiger partial charge in [-0.1, -0.05) is 11.3 Å². The summed E-state index contributed by atoms with van der Waals surface area (Å²) < 4.78 is 14.8. The normalized spacial score (nSPS) is 20.5. The Morgan fingerprint density at radius 3 is 2.96 bits per heavy atom. The molecule has 0 aliphatic carbocycles. The summed E-state index contributed by atoms with van der Waals surface area (Å²) in [5.74, 6) is -0.617. The average molecular weight is 399 g/mol. The average Bonchev–Trinajstić information content (AvgIpc) is 3.14. The van der Waals surface area contributed by atoms with Crippen molar-refractivity contribution in [3.05, 3.63) is 46.6 Å². The molecule has 1 aliphatic rings. The van der Waals surface area contributed by atoms with Crippen LogP contribution < -0.4 is 10.5 Å². The first-order valence-corrected chi connectivity index (χ1v) is 9.95. The van der Waals surface area contributed by atoms with E-state index in [1.165, 1.54) is 23.5 Å². The highest BCUT2D eigenvalue weighted by Crippen LogP contribution is 2.40. The number of anilines is 1. The molecule has 2 aromatic carbocycles. The van der Waals surface area contributed by atoms with Gasteiger partial charge in [0.1, 0.15) is 5.82 Å².